The van der Waals surface area contributed by atoms with Gasteiger partial charge in [0.2, 0.25) is 0 Å². The number of amides is 2. The second-order valence-electron chi connectivity index (χ2n) is 7.05. The van der Waals surface area contributed by atoms with Crippen LogP contribution in [0, 0.1) is 0 Å². The van der Waals surface area contributed by atoms with Crippen LogP contribution in [-0.2, 0) is 13.0 Å². The fourth-order valence-corrected chi connectivity index (χ4v) is 3.59. The summed E-state index contributed by atoms with van der Waals surface area (Å²) in [5, 5.41) is 15.8. The van der Waals surface area contributed by atoms with Crippen molar-refractivity contribution in [1.29, 1.82) is 0 Å². The Morgan fingerprint density at radius 2 is 1.86 bits per heavy atom. The van der Waals surface area contributed by atoms with Gasteiger partial charge in [-0.2, -0.15) is 0 Å². The quantitative estimate of drug-likeness (QED) is 0.387. The highest BCUT2D eigenvalue weighted by molar-refractivity contribution is 6.30. The zero-order valence-electron chi connectivity index (χ0n) is 16.3. The number of nitrogens with zero attached hydrogens (tertiary/aromatic N) is 2. The number of carbonyl (C=O) groups excluding carboxylic acids is 1. The van der Waals surface area contributed by atoms with Crippen LogP contribution in [0.15, 0.2) is 48.5 Å². The van der Waals surface area contributed by atoms with Crippen molar-refractivity contribution < 1.29 is 9.90 Å². The minimum Gasteiger partial charge on any atom is -0.392 e. The number of nitrogens with one attached hydrogen (secondary N) is 2. The van der Waals surface area contributed by atoms with Crippen LogP contribution >= 0.6 is 11.6 Å². The lowest BCUT2D eigenvalue weighted by Crippen LogP contribution is -2.39. The van der Waals surface area contributed by atoms with Gasteiger partial charge in [-0.1, -0.05) is 35.9 Å². The molecular formula is C22H26ClN4O2+. The molecule has 2 aromatic rings. The molecule has 7 heteroatoms. The van der Waals surface area contributed by atoms with Gasteiger partial charge in [0.1, 0.15) is 6.04 Å². The monoisotopic (exact) mass is 413 g/mol. The summed E-state index contributed by atoms with van der Waals surface area (Å²) in [4.78, 5) is 14.2. The van der Waals surface area contributed by atoms with Gasteiger partial charge in [-0.15, -0.1) is 0 Å². The van der Waals surface area contributed by atoms with Crippen LogP contribution in [0.5, 0.6) is 0 Å². The maximum atomic E-state index is 12.1. The van der Waals surface area contributed by atoms with E-state index in [2.05, 4.69) is 26.9 Å². The molecule has 29 heavy (non-hydrogen) atoms. The third-order valence-electron chi connectivity index (χ3n) is 5.04. The van der Waals surface area contributed by atoms with Crippen LogP contribution in [0.2, 0.25) is 5.02 Å². The summed E-state index contributed by atoms with van der Waals surface area (Å²) in [5.41, 5.74) is 2.76. The predicted octanol–water partition coefficient (Wildman–Crippen LogP) is 2.83. The second kappa shape index (κ2) is 10.1. The topological polar surface area (TPSA) is 78.7 Å². The second-order valence-corrected chi connectivity index (χ2v) is 7.49. The van der Waals surface area contributed by atoms with Crippen molar-refractivity contribution in [2.45, 2.75) is 31.8 Å². The highest BCUT2D eigenvalue weighted by Crippen LogP contribution is 2.19. The van der Waals surface area contributed by atoms with Crippen molar-refractivity contribution in [3.8, 4) is 0 Å². The fourth-order valence-electron chi connectivity index (χ4n) is 3.46. The molecule has 0 unspecified atom stereocenters. The standard InChI is InChI=1S/C22H25ClN4O2/c1-24-21(27-12-2-3-20(27)15-28)13-16-6-10-19(11-7-16)26-22(29)25-14-17-4-8-18(23)9-5-17/h4-11,20,28H,1-3,12-15H2,(H-,25,26,29)/p+1/t20-/m0/s1. The summed E-state index contributed by atoms with van der Waals surface area (Å²) in [6, 6.07) is 14.9. The third-order valence-corrected chi connectivity index (χ3v) is 5.29. The first-order valence-electron chi connectivity index (χ1n) is 9.67. The van der Waals surface area contributed by atoms with Crippen LogP contribution in [0.25, 0.3) is 0 Å². The summed E-state index contributed by atoms with van der Waals surface area (Å²) in [6.45, 7) is 5.15. The van der Waals surface area contributed by atoms with Crippen molar-refractivity contribution in [3.63, 3.8) is 0 Å². The number of urea groups is 1. The molecule has 152 valence electrons. The summed E-state index contributed by atoms with van der Waals surface area (Å²) in [6.07, 6.45) is 2.67. The number of halogens is 1. The molecule has 2 amide bonds. The average molecular weight is 414 g/mol. The van der Waals surface area contributed by atoms with E-state index in [1.165, 1.54) is 0 Å². The van der Waals surface area contributed by atoms with Gasteiger partial charge in [0, 0.05) is 17.3 Å². The van der Waals surface area contributed by atoms with Crippen LogP contribution in [0.4, 0.5) is 10.5 Å². The van der Waals surface area contributed by atoms with E-state index in [1.54, 1.807) is 12.1 Å². The number of anilines is 1. The summed E-state index contributed by atoms with van der Waals surface area (Å²) >= 11 is 5.86. The van der Waals surface area contributed by atoms with Crippen LogP contribution in [-0.4, -0.2) is 47.8 Å². The van der Waals surface area contributed by atoms with E-state index in [0.717, 1.165) is 36.3 Å². The van der Waals surface area contributed by atoms with Crippen molar-refractivity contribution >= 4 is 35.9 Å². The molecule has 3 rings (SSSR count). The fraction of sp³-hybridized carbons (Fsp3) is 0.318. The van der Waals surface area contributed by atoms with E-state index >= 15 is 0 Å². The van der Waals surface area contributed by atoms with E-state index in [4.69, 9.17) is 11.6 Å². The molecule has 6 nitrogen and oxygen atoms in total. The van der Waals surface area contributed by atoms with Crippen LogP contribution in [0.3, 0.4) is 0 Å². The summed E-state index contributed by atoms with van der Waals surface area (Å²) in [7, 11) is 0. The first-order valence-corrected chi connectivity index (χ1v) is 10.0. The SMILES string of the molecule is C=[N+]=C(Cc1ccc(NC(=O)NCc2ccc(Cl)cc2)cc1)N1CCC[C@H]1CO. The van der Waals surface area contributed by atoms with Crippen molar-refractivity contribution in [2.24, 2.45) is 0 Å². The molecule has 1 aliphatic heterocycles. The lowest BCUT2D eigenvalue weighted by molar-refractivity contribution is 0.207. The van der Waals surface area contributed by atoms with Gasteiger partial charge in [-0.25, -0.2) is 14.4 Å². The zero-order valence-corrected chi connectivity index (χ0v) is 17.0. The molecule has 0 aromatic heterocycles. The molecule has 0 aliphatic carbocycles. The number of amidine groups is 1. The van der Waals surface area contributed by atoms with E-state index in [-0.39, 0.29) is 18.7 Å². The average Bonchev–Trinajstić information content (AvgIpc) is 3.21. The summed E-state index contributed by atoms with van der Waals surface area (Å²) < 4.78 is 4.19. The molecule has 2 aromatic carbocycles. The summed E-state index contributed by atoms with van der Waals surface area (Å²) in [5.74, 6) is 0.878. The number of hydrogen-bond acceptors (Lipinski definition) is 2. The van der Waals surface area contributed by atoms with Gasteiger partial charge < -0.3 is 15.7 Å². The third kappa shape index (κ3) is 5.84. The minimum atomic E-state index is -0.268. The zero-order chi connectivity index (χ0) is 20.6. The van der Waals surface area contributed by atoms with Gasteiger partial charge in [-0.05, 0) is 48.2 Å². The Hall–Kier alpha value is -2.79. The maximum absolute atomic E-state index is 12.1. The Kier molecular flexibility index (Phi) is 7.30. The molecular weight excluding hydrogens is 388 g/mol. The molecule has 1 saturated heterocycles. The van der Waals surface area contributed by atoms with E-state index in [9.17, 15) is 9.90 Å². The van der Waals surface area contributed by atoms with Gasteiger partial charge in [0.15, 0.2) is 6.72 Å². The van der Waals surface area contributed by atoms with E-state index < -0.39 is 0 Å². The number of aliphatic hydroxyl groups excluding tert-OH is 1. The lowest BCUT2D eigenvalue weighted by atomic mass is 10.1. The van der Waals surface area contributed by atoms with Gasteiger partial charge in [0.05, 0.1) is 19.6 Å². The molecule has 1 heterocycles. The number of likely N-dealkylation sites (tertiary alicyclic amines) is 1. The Morgan fingerprint density at radius 3 is 2.52 bits per heavy atom. The first-order chi connectivity index (χ1) is 14.1. The Morgan fingerprint density at radius 1 is 1.17 bits per heavy atom. The van der Waals surface area contributed by atoms with E-state index in [0.29, 0.717) is 23.7 Å². The Labute approximate surface area is 175 Å². The van der Waals surface area contributed by atoms with Crippen LogP contribution < -0.4 is 15.3 Å². The highest BCUT2D eigenvalue weighted by Gasteiger charge is 2.34. The lowest BCUT2D eigenvalue weighted by Gasteiger charge is -2.16. The minimum absolute atomic E-state index is 0.126. The van der Waals surface area contributed by atoms with Gasteiger partial charge >= 0.3 is 11.9 Å². The molecule has 0 radical (unpaired) electrons. The van der Waals surface area contributed by atoms with Crippen molar-refractivity contribution in [3.05, 3.63) is 64.7 Å². The predicted molar refractivity (Wildman–Crippen MR) is 119 cm³/mol. The Balaban J connectivity index is 1.52. The molecule has 1 fully saturated rings. The molecule has 0 spiro atoms. The molecule has 0 bridgehead atoms. The smallest absolute Gasteiger partial charge is 0.348 e. The van der Waals surface area contributed by atoms with Crippen molar-refractivity contribution in [2.75, 3.05) is 18.5 Å². The highest BCUT2D eigenvalue weighted by atomic mass is 35.5. The number of hydrogen-bond donors (Lipinski definition) is 3. The van der Waals surface area contributed by atoms with Gasteiger partial charge in [0.25, 0.3) is 0 Å². The molecule has 3 N–H and O–H groups in total. The maximum Gasteiger partial charge on any atom is 0.348 e. The van der Waals surface area contributed by atoms with Gasteiger partial charge in [-0.3, -0.25) is 0 Å². The van der Waals surface area contributed by atoms with Crippen LogP contribution in [0.1, 0.15) is 24.0 Å². The largest absolute Gasteiger partial charge is 0.392 e. The Bertz CT molecular complexity index is 877. The number of aliphatic hydroxyl groups is 1. The number of carbonyl (C=O) groups is 1. The normalized spacial score (nSPS) is 15.7. The molecule has 1 atom stereocenters. The van der Waals surface area contributed by atoms with E-state index in [1.807, 2.05) is 36.4 Å². The molecule has 1 aliphatic rings. The number of benzene rings is 2. The number of rotatable bonds is 6. The van der Waals surface area contributed by atoms with Crippen molar-refractivity contribution in [1.82, 2.24) is 14.9 Å². The molecule has 0 saturated carbocycles. The first kappa shape index (κ1) is 20.9.